The first-order valence-corrected chi connectivity index (χ1v) is 2.45. The molecule has 0 radical (unpaired) electrons. The summed E-state index contributed by atoms with van der Waals surface area (Å²) in [6, 6.07) is 0. The van der Waals surface area contributed by atoms with Crippen LogP contribution in [0.1, 0.15) is 0 Å². The van der Waals surface area contributed by atoms with Gasteiger partial charge in [0.2, 0.25) is 0 Å². The maximum Gasteiger partial charge on any atom is 0.343 e. The highest BCUT2D eigenvalue weighted by molar-refractivity contribution is 5.22. The molecule has 0 aliphatic carbocycles. The van der Waals surface area contributed by atoms with Crippen molar-refractivity contribution in [3.05, 3.63) is 22.3 Å². The monoisotopic (exact) mass is 145 g/mol. The number of aryl methyl sites for hydroxylation is 1. The Hall–Kier alpha value is -1.46. The van der Waals surface area contributed by atoms with Gasteiger partial charge in [-0.05, 0) is 0 Å². The molecule has 1 aromatic rings. The summed E-state index contributed by atoms with van der Waals surface area (Å²) in [5, 5.41) is 13.1. The second kappa shape index (κ2) is 2.05. The third-order valence-electron chi connectivity index (χ3n) is 0.963. The lowest BCUT2D eigenvalue weighted by Gasteiger charge is -1.79. The number of nitro groups is 1. The first-order chi connectivity index (χ1) is 4.61. The summed E-state index contributed by atoms with van der Waals surface area (Å²) in [4.78, 5) is 9.13. The van der Waals surface area contributed by atoms with Gasteiger partial charge in [0.1, 0.15) is 6.20 Å². The summed E-state index contributed by atoms with van der Waals surface area (Å²) in [6.45, 7) is 0. The van der Waals surface area contributed by atoms with Crippen molar-refractivity contribution in [3.8, 4) is 0 Å². The Morgan fingerprint density at radius 3 is 2.70 bits per heavy atom. The Morgan fingerprint density at radius 1 is 1.90 bits per heavy atom. The normalized spacial score (nSPS) is 9.80. The molecule has 0 aliphatic heterocycles. The zero-order chi connectivity index (χ0) is 7.72. The topological polar surface area (TPSA) is 61.0 Å². The van der Waals surface area contributed by atoms with Crippen molar-refractivity contribution in [2.45, 2.75) is 0 Å². The standard InChI is InChI=1S/C4H4FN3O2/c1-7-2-3(8(9)10)4(5)6-7/h2H,1H3. The van der Waals surface area contributed by atoms with Crippen molar-refractivity contribution >= 4 is 5.69 Å². The number of hydrogen-bond donors (Lipinski definition) is 0. The predicted octanol–water partition coefficient (Wildman–Crippen LogP) is 0.467. The molecule has 1 aromatic heterocycles. The minimum absolute atomic E-state index is 0.595. The molecule has 0 amide bonds. The number of aromatic nitrogens is 2. The van der Waals surface area contributed by atoms with E-state index in [1.54, 1.807) is 0 Å². The molecule has 0 saturated carbocycles. The number of nitrogens with zero attached hydrogens (tertiary/aromatic N) is 3. The average Bonchev–Trinajstić information content (AvgIpc) is 2.10. The second-order valence-corrected chi connectivity index (χ2v) is 1.74. The van der Waals surface area contributed by atoms with Crippen LogP contribution in [0.3, 0.4) is 0 Å². The molecule has 0 unspecified atom stereocenters. The SMILES string of the molecule is Cn1cc([N+](=O)[O-])c(F)n1. The van der Waals surface area contributed by atoms with Crippen LogP contribution in [0.2, 0.25) is 0 Å². The van der Waals surface area contributed by atoms with Gasteiger partial charge in [0.25, 0.3) is 0 Å². The van der Waals surface area contributed by atoms with Gasteiger partial charge in [-0.1, -0.05) is 0 Å². The molecule has 0 aromatic carbocycles. The van der Waals surface area contributed by atoms with E-state index < -0.39 is 16.6 Å². The molecule has 10 heavy (non-hydrogen) atoms. The summed E-state index contributed by atoms with van der Waals surface area (Å²) in [6.07, 6.45) is 1.01. The lowest BCUT2D eigenvalue weighted by molar-refractivity contribution is -0.387. The Labute approximate surface area is 55.2 Å². The van der Waals surface area contributed by atoms with Gasteiger partial charge in [-0.3, -0.25) is 14.8 Å². The highest BCUT2D eigenvalue weighted by Gasteiger charge is 2.17. The van der Waals surface area contributed by atoms with Crippen molar-refractivity contribution in [3.63, 3.8) is 0 Å². The first kappa shape index (κ1) is 6.66. The maximum atomic E-state index is 12.3. The van der Waals surface area contributed by atoms with E-state index in [-0.39, 0.29) is 0 Å². The smallest absolute Gasteiger partial charge is 0.266 e. The predicted molar refractivity (Wildman–Crippen MR) is 29.8 cm³/mol. The molecule has 1 rings (SSSR count). The lowest BCUT2D eigenvalue weighted by Crippen LogP contribution is -1.87. The molecule has 1 heterocycles. The van der Waals surface area contributed by atoms with E-state index in [4.69, 9.17) is 0 Å². The lowest BCUT2D eigenvalue weighted by atomic mass is 10.6. The fourth-order valence-corrected chi connectivity index (χ4v) is 0.571. The number of rotatable bonds is 1. The van der Waals surface area contributed by atoms with Gasteiger partial charge in [-0.25, -0.2) is 0 Å². The van der Waals surface area contributed by atoms with E-state index in [0.717, 1.165) is 10.9 Å². The quantitative estimate of drug-likeness (QED) is 0.426. The van der Waals surface area contributed by atoms with Crippen LogP contribution in [0.25, 0.3) is 0 Å². The molecule has 0 aliphatic rings. The molecule has 54 valence electrons. The molecule has 0 fully saturated rings. The molecule has 0 bridgehead atoms. The van der Waals surface area contributed by atoms with Crippen LogP contribution < -0.4 is 0 Å². The zero-order valence-corrected chi connectivity index (χ0v) is 5.11. The summed E-state index contributed by atoms with van der Waals surface area (Å²) in [5.74, 6) is -1.05. The molecular weight excluding hydrogens is 141 g/mol. The Morgan fingerprint density at radius 2 is 2.50 bits per heavy atom. The summed E-state index contributed by atoms with van der Waals surface area (Å²) in [7, 11) is 1.41. The van der Waals surface area contributed by atoms with Crippen LogP contribution in [-0.2, 0) is 7.05 Å². The van der Waals surface area contributed by atoms with Crippen molar-refractivity contribution in [1.82, 2.24) is 9.78 Å². The summed E-state index contributed by atoms with van der Waals surface area (Å²) in [5.41, 5.74) is -0.595. The van der Waals surface area contributed by atoms with Crippen molar-refractivity contribution < 1.29 is 9.31 Å². The van der Waals surface area contributed by atoms with Crippen molar-refractivity contribution in [2.24, 2.45) is 7.05 Å². The Bertz CT molecular complexity index is 269. The fourth-order valence-electron chi connectivity index (χ4n) is 0.571. The maximum absolute atomic E-state index is 12.3. The molecule has 0 saturated heterocycles. The van der Waals surface area contributed by atoms with E-state index in [0.29, 0.717) is 0 Å². The third kappa shape index (κ3) is 0.949. The minimum atomic E-state index is -1.05. The molecule has 0 spiro atoms. The average molecular weight is 145 g/mol. The van der Waals surface area contributed by atoms with Gasteiger partial charge in [0, 0.05) is 7.05 Å². The van der Waals surface area contributed by atoms with E-state index in [9.17, 15) is 14.5 Å². The molecular formula is C4H4FN3O2. The van der Waals surface area contributed by atoms with E-state index in [1.165, 1.54) is 7.05 Å². The van der Waals surface area contributed by atoms with Crippen LogP contribution in [0.5, 0.6) is 0 Å². The third-order valence-corrected chi connectivity index (χ3v) is 0.963. The fraction of sp³-hybridized carbons (Fsp3) is 0.250. The van der Waals surface area contributed by atoms with Crippen LogP contribution >= 0.6 is 0 Å². The van der Waals surface area contributed by atoms with Gasteiger partial charge in [0.15, 0.2) is 0 Å². The second-order valence-electron chi connectivity index (χ2n) is 1.74. The largest absolute Gasteiger partial charge is 0.343 e. The van der Waals surface area contributed by atoms with Gasteiger partial charge in [0.05, 0.1) is 4.92 Å². The number of hydrogen-bond acceptors (Lipinski definition) is 3. The van der Waals surface area contributed by atoms with Crippen LogP contribution in [0.4, 0.5) is 10.1 Å². The van der Waals surface area contributed by atoms with Gasteiger partial charge < -0.3 is 0 Å². The Kier molecular flexibility index (Phi) is 1.37. The number of halogens is 1. The first-order valence-electron chi connectivity index (χ1n) is 2.45. The molecule has 0 atom stereocenters. The molecule has 5 nitrogen and oxygen atoms in total. The Balaban J connectivity index is 3.15. The van der Waals surface area contributed by atoms with Crippen LogP contribution in [-0.4, -0.2) is 14.7 Å². The van der Waals surface area contributed by atoms with Crippen molar-refractivity contribution in [2.75, 3.05) is 0 Å². The van der Waals surface area contributed by atoms with Crippen LogP contribution in [0.15, 0.2) is 6.20 Å². The van der Waals surface area contributed by atoms with Gasteiger partial charge in [-0.2, -0.15) is 4.39 Å². The van der Waals surface area contributed by atoms with Crippen LogP contribution in [0, 0.1) is 16.1 Å². The molecule has 6 heteroatoms. The van der Waals surface area contributed by atoms with Gasteiger partial charge >= 0.3 is 11.6 Å². The highest BCUT2D eigenvalue weighted by Crippen LogP contribution is 2.12. The zero-order valence-electron chi connectivity index (χ0n) is 5.11. The summed E-state index contributed by atoms with van der Waals surface area (Å²) < 4.78 is 13.3. The van der Waals surface area contributed by atoms with E-state index >= 15 is 0 Å². The summed E-state index contributed by atoms with van der Waals surface area (Å²) >= 11 is 0. The minimum Gasteiger partial charge on any atom is -0.266 e. The van der Waals surface area contributed by atoms with E-state index in [2.05, 4.69) is 5.10 Å². The van der Waals surface area contributed by atoms with Crippen molar-refractivity contribution in [1.29, 1.82) is 0 Å². The molecule has 0 N–H and O–H groups in total. The highest BCUT2D eigenvalue weighted by atomic mass is 19.1. The van der Waals surface area contributed by atoms with E-state index in [1.807, 2.05) is 0 Å². The van der Waals surface area contributed by atoms with Gasteiger partial charge in [-0.15, -0.1) is 5.10 Å².